The van der Waals surface area contributed by atoms with Crippen molar-refractivity contribution in [1.29, 1.82) is 0 Å². The fourth-order valence-electron chi connectivity index (χ4n) is 3.18. The van der Waals surface area contributed by atoms with Gasteiger partial charge < -0.3 is 10.3 Å². The van der Waals surface area contributed by atoms with E-state index in [1.807, 2.05) is 49.5 Å². The number of nitrogens with one attached hydrogen (secondary N) is 2. The molecule has 7 nitrogen and oxygen atoms in total. The molecule has 0 bridgehead atoms. The summed E-state index contributed by atoms with van der Waals surface area (Å²) < 4.78 is 1.70. The number of carbonyl (C=O) groups excluding carboxylic acids is 1. The molecule has 0 aliphatic rings. The van der Waals surface area contributed by atoms with Gasteiger partial charge in [-0.25, -0.2) is 4.68 Å². The van der Waals surface area contributed by atoms with Crippen LogP contribution in [0.1, 0.15) is 22.8 Å². The maximum atomic E-state index is 12.5. The maximum Gasteiger partial charge on any atom is 0.251 e. The first-order valence-corrected chi connectivity index (χ1v) is 8.96. The smallest absolute Gasteiger partial charge is 0.251 e. The third-order valence-corrected chi connectivity index (χ3v) is 4.57. The molecule has 0 aliphatic carbocycles. The molecule has 7 heteroatoms. The molecule has 4 rings (SSSR count). The highest BCUT2D eigenvalue weighted by Crippen LogP contribution is 2.19. The Labute approximate surface area is 156 Å². The molecule has 0 unspecified atom stereocenters. The Morgan fingerprint density at radius 1 is 1.19 bits per heavy atom. The molecule has 4 aromatic rings. The molecule has 2 heterocycles. The number of amides is 1. The highest BCUT2D eigenvalue weighted by Gasteiger charge is 2.11. The standard InChI is InChI=1S/C20H20N6O/c1-2-26-19(23-24-25-26)14-6-5-7-15(12-14)20(27)21-11-10-16-13-22-18-9-4-3-8-17(16)18/h3-9,12-13,22H,2,10-11H2,1H3,(H,21,27). The minimum Gasteiger partial charge on any atom is -0.361 e. The van der Waals surface area contributed by atoms with Gasteiger partial charge >= 0.3 is 0 Å². The van der Waals surface area contributed by atoms with Crippen molar-refractivity contribution in [2.45, 2.75) is 19.9 Å². The molecule has 1 amide bonds. The van der Waals surface area contributed by atoms with Crippen LogP contribution in [-0.4, -0.2) is 37.6 Å². The molecule has 0 radical (unpaired) electrons. The number of aromatic amines is 1. The first-order valence-electron chi connectivity index (χ1n) is 8.96. The Balaban J connectivity index is 1.43. The summed E-state index contributed by atoms with van der Waals surface area (Å²) in [7, 11) is 0. The van der Waals surface area contributed by atoms with Crippen molar-refractivity contribution in [3.63, 3.8) is 0 Å². The van der Waals surface area contributed by atoms with Crippen molar-refractivity contribution in [2.75, 3.05) is 6.54 Å². The molecule has 2 N–H and O–H groups in total. The summed E-state index contributed by atoms with van der Waals surface area (Å²) in [5.74, 6) is 0.554. The van der Waals surface area contributed by atoms with Crippen LogP contribution in [0.3, 0.4) is 0 Å². The fourth-order valence-corrected chi connectivity index (χ4v) is 3.18. The van der Waals surface area contributed by atoms with Crippen LogP contribution in [0.2, 0.25) is 0 Å². The van der Waals surface area contributed by atoms with E-state index in [1.165, 1.54) is 10.9 Å². The minimum absolute atomic E-state index is 0.104. The lowest BCUT2D eigenvalue weighted by molar-refractivity contribution is 0.0954. The quantitative estimate of drug-likeness (QED) is 0.553. The van der Waals surface area contributed by atoms with Gasteiger partial charge in [-0.1, -0.05) is 30.3 Å². The van der Waals surface area contributed by atoms with Gasteiger partial charge in [-0.2, -0.15) is 0 Å². The molecule has 0 saturated heterocycles. The highest BCUT2D eigenvalue weighted by molar-refractivity contribution is 5.95. The first kappa shape index (κ1) is 17.0. The molecule has 0 aliphatic heterocycles. The zero-order valence-corrected chi connectivity index (χ0v) is 15.0. The minimum atomic E-state index is -0.104. The Bertz CT molecular complexity index is 1080. The third-order valence-electron chi connectivity index (χ3n) is 4.57. The van der Waals surface area contributed by atoms with Crippen LogP contribution < -0.4 is 5.32 Å². The van der Waals surface area contributed by atoms with Gasteiger partial charge in [0.2, 0.25) is 0 Å². The molecule has 0 spiro atoms. The van der Waals surface area contributed by atoms with Gasteiger partial charge in [-0.3, -0.25) is 4.79 Å². The molecule has 0 fully saturated rings. The van der Waals surface area contributed by atoms with Crippen LogP contribution in [0.25, 0.3) is 22.3 Å². The maximum absolute atomic E-state index is 12.5. The number of tetrazole rings is 1. The topological polar surface area (TPSA) is 88.5 Å². The van der Waals surface area contributed by atoms with E-state index in [9.17, 15) is 4.79 Å². The summed E-state index contributed by atoms with van der Waals surface area (Å²) in [6.07, 6.45) is 2.77. The number of H-pyrrole nitrogens is 1. The van der Waals surface area contributed by atoms with Crippen LogP contribution in [0.15, 0.2) is 54.7 Å². The van der Waals surface area contributed by atoms with Crippen LogP contribution >= 0.6 is 0 Å². The van der Waals surface area contributed by atoms with Crippen molar-refractivity contribution in [2.24, 2.45) is 0 Å². The van der Waals surface area contributed by atoms with Gasteiger partial charge in [-0.15, -0.1) is 5.10 Å². The number of aromatic nitrogens is 5. The lowest BCUT2D eigenvalue weighted by Gasteiger charge is -2.07. The number of para-hydroxylation sites is 1. The van der Waals surface area contributed by atoms with Crippen molar-refractivity contribution in [3.05, 3.63) is 65.9 Å². The average molecular weight is 360 g/mol. The summed E-state index contributed by atoms with van der Waals surface area (Å²) in [5.41, 5.74) is 3.73. The Hall–Kier alpha value is -3.48. The van der Waals surface area contributed by atoms with Gasteiger partial charge in [-0.05, 0) is 47.5 Å². The van der Waals surface area contributed by atoms with Crippen molar-refractivity contribution in [3.8, 4) is 11.4 Å². The van der Waals surface area contributed by atoms with Gasteiger partial charge in [0.15, 0.2) is 5.82 Å². The van der Waals surface area contributed by atoms with Crippen molar-refractivity contribution < 1.29 is 4.79 Å². The van der Waals surface area contributed by atoms with E-state index < -0.39 is 0 Å². The molecule has 0 atom stereocenters. The number of hydrogen-bond donors (Lipinski definition) is 2. The number of rotatable bonds is 6. The fraction of sp³-hybridized carbons (Fsp3) is 0.200. The predicted octanol–water partition coefficient (Wildman–Crippen LogP) is 2.81. The Kier molecular flexibility index (Phi) is 4.65. The summed E-state index contributed by atoms with van der Waals surface area (Å²) in [6, 6.07) is 15.5. The second kappa shape index (κ2) is 7.41. The first-order chi connectivity index (χ1) is 13.3. The van der Waals surface area contributed by atoms with Gasteiger partial charge in [0.05, 0.1) is 0 Å². The number of nitrogens with zero attached hydrogens (tertiary/aromatic N) is 4. The largest absolute Gasteiger partial charge is 0.361 e. The van der Waals surface area contributed by atoms with Crippen LogP contribution in [-0.2, 0) is 13.0 Å². The second-order valence-electron chi connectivity index (χ2n) is 6.26. The zero-order valence-electron chi connectivity index (χ0n) is 15.0. The molecule has 0 saturated carbocycles. The van der Waals surface area contributed by atoms with Crippen molar-refractivity contribution in [1.82, 2.24) is 30.5 Å². The molecule has 136 valence electrons. The van der Waals surface area contributed by atoms with E-state index in [-0.39, 0.29) is 5.91 Å². The monoisotopic (exact) mass is 360 g/mol. The van der Waals surface area contributed by atoms with Gasteiger partial charge in [0.25, 0.3) is 5.91 Å². The Morgan fingerprint density at radius 3 is 2.96 bits per heavy atom. The third kappa shape index (κ3) is 3.44. The van der Waals surface area contributed by atoms with E-state index in [1.54, 1.807) is 10.7 Å². The summed E-state index contributed by atoms with van der Waals surface area (Å²) in [4.78, 5) is 15.8. The number of hydrogen-bond acceptors (Lipinski definition) is 4. The second-order valence-corrected chi connectivity index (χ2v) is 6.26. The van der Waals surface area contributed by atoms with Gasteiger partial charge in [0.1, 0.15) is 0 Å². The molecule has 27 heavy (non-hydrogen) atoms. The van der Waals surface area contributed by atoms with E-state index in [0.717, 1.165) is 17.5 Å². The molecular formula is C20H20N6O. The zero-order chi connectivity index (χ0) is 18.6. The Morgan fingerprint density at radius 2 is 2.07 bits per heavy atom. The van der Waals surface area contributed by atoms with Crippen LogP contribution in [0.4, 0.5) is 0 Å². The van der Waals surface area contributed by atoms with Crippen LogP contribution in [0.5, 0.6) is 0 Å². The van der Waals surface area contributed by atoms with E-state index in [0.29, 0.717) is 24.5 Å². The SMILES string of the molecule is CCn1nnnc1-c1cccc(C(=O)NCCc2c[nH]c3ccccc23)c1. The van der Waals surface area contributed by atoms with Crippen molar-refractivity contribution >= 4 is 16.8 Å². The summed E-state index contributed by atoms with van der Waals surface area (Å²) >= 11 is 0. The summed E-state index contributed by atoms with van der Waals surface area (Å²) in [5, 5.41) is 15.9. The number of carbonyl (C=O) groups is 1. The lowest BCUT2D eigenvalue weighted by Crippen LogP contribution is -2.25. The van der Waals surface area contributed by atoms with Gasteiger partial charge in [0, 0.05) is 41.3 Å². The molecule has 2 aromatic carbocycles. The average Bonchev–Trinajstić information content (AvgIpc) is 3.35. The predicted molar refractivity (Wildman–Crippen MR) is 103 cm³/mol. The lowest BCUT2D eigenvalue weighted by atomic mass is 10.1. The molecular weight excluding hydrogens is 340 g/mol. The number of fused-ring (bicyclic) bond motifs is 1. The summed E-state index contributed by atoms with van der Waals surface area (Å²) in [6.45, 7) is 3.21. The molecule has 2 aromatic heterocycles. The number of aryl methyl sites for hydroxylation is 1. The number of benzene rings is 2. The van der Waals surface area contributed by atoms with Crippen LogP contribution in [0, 0.1) is 0 Å². The normalized spacial score (nSPS) is 11.0. The van der Waals surface area contributed by atoms with E-state index in [4.69, 9.17) is 0 Å². The van der Waals surface area contributed by atoms with E-state index >= 15 is 0 Å². The highest BCUT2D eigenvalue weighted by atomic mass is 16.1. The van der Waals surface area contributed by atoms with E-state index in [2.05, 4.69) is 31.9 Å².